The number of aliphatic hydroxyl groups excluding tert-OH is 1. The van der Waals surface area contributed by atoms with Crippen LogP contribution in [0.4, 0.5) is 5.69 Å². The molecule has 2 rings (SSSR count). The lowest BCUT2D eigenvalue weighted by Crippen LogP contribution is -2.47. The Morgan fingerprint density at radius 3 is 3.00 bits per heavy atom. The molecule has 0 saturated carbocycles. The number of carbonyl (C=O) groups excluding carboxylic acids is 1. The monoisotopic (exact) mass is 330 g/mol. The minimum atomic E-state index is -0.269. The van der Waals surface area contributed by atoms with Gasteiger partial charge in [-0.05, 0) is 44.4 Å². The number of piperidine rings is 1. The van der Waals surface area contributed by atoms with Crippen molar-refractivity contribution in [3.63, 3.8) is 0 Å². The zero-order valence-electron chi connectivity index (χ0n) is 12.0. The van der Waals surface area contributed by atoms with Gasteiger partial charge in [-0.15, -0.1) is 0 Å². The molecule has 0 radical (unpaired) electrons. The summed E-state index contributed by atoms with van der Waals surface area (Å²) in [6.45, 7) is 3.65. The molecule has 0 bridgehead atoms. The molecule has 6 heteroatoms. The van der Waals surface area contributed by atoms with Crippen LogP contribution in [-0.2, 0) is 4.79 Å². The minimum Gasteiger partial charge on any atom is -0.396 e. The molecule has 1 heterocycles. The number of rotatable bonds is 4. The largest absolute Gasteiger partial charge is 0.396 e. The van der Waals surface area contributed by atoms with Crippen LogP contribution in [0.25, 0.3) is 0 Å². The van der Waals surface area contributed by atoms with Crippen LogP contribution in [0.2, 0.25) is 10.0 Å². The number of hydrogen-bond acceptors (Lipinski definition) is 3. The van der Waals surface area contributed by atoms with E-state index in [4.69, 9.17) is 23.2 Å². The van der Waals surface area contributed by atoms with E-state index in [9.17, 15) is 9.90 Å². The first-order valence-electron chi connectivity index (χ1n) is 7.12. The van der Waals surface area contributed by atoms with E-state index in [0.29, 0.717) is 15.7 Å². The number of benzene rings is 1. The quantitative estimate of drug-likeness (QED) is 0.892. The van der Waals surface area contributed by atoms with Gasteiger partial charge in [0.05, 0.1) is 21.8 Å². The molecule has 2 unspecified atom stereocenters. The Labute approximate surface area is 135 Å². The van der Waals surface area contributed by atoms with Crippen molar-refractivity contribution in [2.45, 2.75) is 25.8 Å². The molecular formula is C15H20Cl2N2O2. The lowest BCUT2D eigenvalue weighted by molar-refractivity contribution is -0.121. The first-order chi connectivity index (χ1) is 10.0. The SMILES string of the molecule is CC(C(=O)Nc1cccc(Cl)c1Cl)N1CCCC(CO)C1. The molecule has 1 aliphatic heterocycles. The Hall–Kier alpha value is -0.810. The van der Waals surface area contributed by atoms with Gasteiger partial charge in [0, 0.05) is 13.2 Å². The molecule has 2 N–H and O–H groups in total. The number of nitrogens with zero attached hydrogens (tertiary/aromatic N) is 1. The second-order valence-corrected chi connectivity index (χ2v) is 6.24. The number of carbonyl (C=O) groups is 1. The van der Waals surface area contributed by atoms with Gasteiger partial charge in [0.15, 0.2) is 0 Å². The zero-order valence-corrected chi connectivity index (χ0v) is 13.5. The van der Waals surface area contributed by atoms with E-state index in [0.717, 1.165) is 25.9 Å². The van der Waals surface area contributed by atoms with Crippen molar-refractivity contribution >= 4 is 34.8 Å². The molecular weight excluding hydrogens is 311 g/mol. The van der Waals surface area contributed by atoms with Gasteiger partial charge in [-0.2, -0.15) is 0 Å². The molecule has 0 aromatic heterocycles. The van der Waals surface area contributed by atoms with Crippen LogP contribution in [-0.4, -0.2) is 41.7 Å². The highest BCUT2D eigenvalue weighted by atomic mass is 35.5. The zero-order chi connectivity index (χ0) is 15.4. The third kappa shape index (κ3) is 4.10. The average molecular weight is 331 g/mol. The maximum absolute atomic E-state index is 12.4. The number of anilines is 1. The summed E-state index contributed by atoms with van der Waals surface area (Å²) in [5.41, 5.74) is 0.525. The van der Waals surface area contributed by atoms with Crippen LogP contribution in [0.15, 0.2) is 18.2 Å². The van der Waals surface area contributed by atoms with Crippen molar-refractivity contribution in [3.8, 4) is 0 Å². The predicted molar refractivity (Wildman–Crippen MR) is 85.9 cm³/mol. The maximum atomic E-state index is 12.4. The number of aliphatic hydroxyl groups is 1. The highest BCUT2D eigenvalue weighted by Gasteiger charge is 2.27. The third-order valence-corrected chi connectivity index (χ3v) is 4.76. The summed E-state index contributed by atoms with van der Waals surface area (Å²) in [5, 5.41) is 12.9. The van der Waals surface area contributed by atoms with Gasteiger partial charge in [-0.1, -0.05) is 29.3 Å². The number of hydrogen-bond donors (Lipinski definition) is 2. The Morgan fingerprint density at radius 1 is 1.52 bits per heavy atom. The molecule has 1 amide bonds. The molecule has 1 aromatic carbocycles. The Morgan fingerprint density at radius 2 is 2.29 bits per heavy atom. The first kappa shape index (κ1) is 16.6. The second-order valence-electron chi connectivity index (χ2n) is 5.45. The molecule has 0 aliphatic carbocycles. The summed E-state index contributed by atoms with van der Waals surface area (Å²) in [7, 11) is 0. The molecule has 1 aliphatic rings. The van der Waals surface area contributed by atoms with Gasteiger partial charge >= 0.3 is 0 Å². The van der Waals surface area contributed by atoms with E-state index in [1.54, 1.807) is 18.2 Å². The normalized spacial score (nSPS) is 21.0. The smallest absolute Gasteiger partial charge is 0.241 e. The van der Waals surface area contributed by atoms with Crippen molar-refractivity contribution in [3.05, 3.63) is 28.2 Å². The van der Waals surface area contributed by atoms with Crippen LogP contribution in [0.3, 0.4) is 0 Å². The fourth-order valence-corrected chi connectivity index (χ4v) is 2.95. The van der Waals surface area contributed by atoms with Gasteiger partial charge in [0.1, 0.15) is 0 Å². The molecule has 0 spiro atoms. The molecule has 116 valence electrons. The van der Waals surface area contributed by atoms with Gasteiger partial charge in [0.25, 0.3) is 0 Å². The molecule has 1 fully saturated rings. The highest BCUT2D eigenvalue weighted by molar-refractivity contribution is 6.44. The van der Waals surface area contributed by atoms with Crippen LogP contribution < -0.4 is 5.32 Å². The minimum absolute atomic E-state index is 0.113. The summed E-state index contributed by atoms with van der Waals surface area (Å²) < 4.78 is 0. The Kier molecular flexibility index (Phi) is 5.88. The third-order valence-electron chi connectivity index (χ3n) is 3.95. The number of nitrogens with one attached hydrogen (secondary N) is 1. The Bertz CT molecular complexity index is 510. The number of amides is 1. The van der Waals surface area contributed by atoms with E-state index in [2.05, 4.69) is 10.2 Å². The lowest BCUT2D eigenvalue weighted by Gasteiger charge is -2.35. The van der Waals surface area contributed by atoms with Crippen molar-refractivity contribution in [1.82, 2.24) is 4.90 Å². The van der Waals surface area contributed by atoms with E-state index in [-0.39, 0.29) is 24.5 Å². The van der Waals surface area contributed by atoms with Crippen LogP contribution in [0, 0.1) is 5.92 Å². The summed E-state index contributed by atoms with van der Waals surface area (Å²) >= 11 is 12.0. The van der Waals surface area contributed by atoms with Gasteiger partial charge < -0.3 is 10.4 Å². The van der Waals surface area contributed by atoms with Gasteiger partial charge in [-0.3, -0.25) is 9.69 Å². The predicted octanol–water partition coefficient (Wildman–Crippen LogP) is 3.02. The van der Waals surface area contributed by atoms with Crippen LogP contribution >= 0.6 is 23.2 Å². The fraction of sp³-hybridized carbons (Fsp3) is 0.533. The fourth-order valence-electron chi connectivity index (χ4n) is 2.60. The van der Waals surface area contributed by atoms with Gasteiger partial charge in [-0.25, -0.2) is 0 Å². The summed E-state index contributed by atoms with van der Waals surface area (Å²) in [6, 6.07) is 4.89. The lowest BCUT2D eigenvalue weighted by atomic mass is 9.97. The highest BCUT2D eigenvalue weighted by Crippen LogP contribution is 2.29. The standard InChI is InChI=1S/C15H20Cl2N2O2/c1-10(19-7-3-4-11(8-19)9-20)15(21)18-13-6-2-5-12(16)14(13)17/h2,5-6,10-11,20H,3-4,7-9H2,1H3,(H,18,21). The van der Waals surface area contributed by atoms with Crippen LogP contribution in [0.5, 0.6) is 0 Å². The summed E-state index contributed by atoms with van der Waals surface area (Å²) in [5.74, 6) is 0.140. The first-order valence-corrected chi connectivity index (χ1v) is 7.88. The molecule has 1 saturated heterocycles. The number of halogens is 2. The second kappa shape index (κ2) is 7.45. The van der Waals surface area contributed by atoms with Gasteiger partial charge in [0.2, 0.25) is 5.91 Å². The molecule has 2 atom stereocenters. The van der Waals surface area contributed by atoms with Crippen molar-refractivity contribution in [2.75, 3.05) is 25.0 Å². The Balaban J connectivity index is 2.00. The maximum Gasteiger partial charge on any atom is 0.241 e. The molecule has 21 heavy (non-hydrogen) atoms. The van der Waals surface area contributed by atoms with E-state index >= 15 is 0 Å². The summed E-state index contributed by atoms with van der Waals surface area (Å²) in [6.07, 6.45) is 2.02. The van der Waals surface area contributed by atoms with E-state index in [1.807, 2.05) is 6.92 Å². The topological polar surface area (TPSA) is 52.6 Å². The van der Waals surface area contributed by atoms with Crippen molar-refractivity contribution in [2.24, 2.45) is 5.92 Å². The van der Waals surface area contributed by atoms with Crippen LogP contribution in [0.1, 0.15) is 19.8 Å². The van der Waals surface area contributed by atoms with E-state index in [1.165, 1.54) is 0 Å². The molecule has 4 nitrogen and oxygen atoms in total. The van der Waals surface area contributed by atoms with E-state index < -0.39 is 0 Å². The molecule has 1 aromatic rings. The van der Waals surface area contributed by atoms with Crippen molar-refractivity contribution in [1.29, 1.82) is 0 Å². The summed E-state index contributed by atoms with van der Waals surface area (Å²) in [4.78, 5) is 14.4. The average Bonchev–Trinajstić information content (AvgIpc) is 2.51. The number of likely N-dealkylation sites (tertiary alicyclic amines) is 1. The van der Waals surface area contributed by atoms with Crippen molar-refractivity contribution < 1.29 is 9.90 Å².